The maximum Gasteiger partial charge on any atom is 0.408 e. The Morgan fingerprint density at radius 2 is 1.57 bits per heavy atom. The first kappa shape index (κ1) is 36.6. The number of halogens is 1. The summed E-state index contributed by atoms with van der Waals surface area (Å²) in [7, 11) is 0. The third-order valence-electron chi connectivity index (χ3n) is 7.82. The van der Waals surface area contributed by atoms with Crippen LogP contribution in [0.2, 0.25) is 5.02 Å². The fraction of sp³-hybridized carbons (Fsp3) is 0.447. The maximum atomic E-state index is 14.8. The van der Waals surface area contributed by atoms with Gasteiger partial charge in [-0.3, -0.25) is 9.59 Å². The molecule has 3 aromatic rings. The second-order valence-corrected chi connectivity index (χ2v) is 13.4. The van der Waals surface area contributed by atoms with Crippen LogP contribution in [-0.2, 0) is 20.7 Å². The molecule has 3 rings (SSSR count). The van der Waals surface area contributed by atoms with Gasteiger partial charge in [-0.05, 0) is 76.3 Å². The van der Waals surface area contributed by atoms with Gasteiger partial charge in [0.1, 0.15) is 17.7 Å². The summed E-state index contributed by atoms with van der Waals surface area (Å²) >= 11 is 6.55. The number of aryl methyl sites for hydroxylation is 3. The summed E-state index contributed by atoms with van der Waals surface area (Å²) in [4.78, 5) is 44.0. The molecule has 2 unspecified atom stereocenters. The molecule has 0 spiro atoms. The van der Waals surface area contributed by atoms with E-state index in [1.54, 1.807) is 31.7 Å². The van der Waals surface area contributed by atoms with Gasteiger partial charge in [0.05, 0.1) is 10.7 Å². The number of ether oxygens (including phenoxy) is 1. The minimum absolute atomic E-state index is 0.232. The van der Waals surface area contributed by atoms with Crippen molar-refractivity contribution in [3.8, 4) is 0 Å². The first-order valence-corrected chi connectivity index (χ1v) is 16.7. The van der Waals surface area contributed by atoms with Crippen LogP contribution >= 0.6 is 11.6 Å². The first-order valence-electron chi connectivity index (χ1n) is 16.3. The van der Waals surface area contributed by atoms with Gasteiger partial charge >= 0.3 is 6.09 Å². The van der Waals surface area contributed by atoms with Crippen molar-refractivity contribution in [2.24, 2.45) is 0 Å². The molecular formula is C38H50ClN3O4. The number of anilines is 1. The summed E-state index contributed by atoms with van der Waals surface area (Å²) in [6, 6.07) is 18.9. The van der Waals surface area contributed by atoms with E-state index < -0.39 is 23.8 Å². The Balaban J connectivity index is 2.13. The van der Waals surface area contributed by atoms with Crippen molar-refractivity contribution in [2.45, 2.75) is 105 Å². The fourth-order valence-electron chi connectivity index (χ4n) is 5.44. The number of nitrogens with one attached hydrogen (secondary N) is 2. The predicted octanol–water partition coefficient (Wildman–Crippen LogP) is 8.88. The average molecular weight is 648 g/mol. The first-order chi connectivity index (χ1) is 21.8. The highest BCUT2D eigenvalue weighted by Gasteiger charge is 2.37. The number of hydrogen-bond acceptors (Lipinski definition) is 4. The van der Waals surface area contributed by atoms with Crippen molar-refractivity contribution >= 4 is 35.2 Å². The summed E-state index contributed by atoms with van der Waals surface area (Å²) in [5, 5.41) is 6.32. The summed E-state index contributed by atoms with van der Waals surface area (Å²) in [6.45, 7) is 13.6. The largest absolute Gasteiger partial charge is 0.444 e. The lowest BCUT2D eigenvalue weighted by Gasteiger charge is -2.35. The van der Waals surface area contributed by atoms with Crippen LogP contribution in [0.3, 0.4) is 0 Å². The minimum Gasteiger partial charge on any atom is -0.444 e. The van der Waals surface area contributed by atoms with Crippen LogP contribution in [-0.4, -0.2) is 41.0 Å². The van der Waals surface area contributed by atoms with E-state index in [1.807, 2.05) is 81.4 Å². The van der Waals surface area contributed by atoms with Gasteiger partial charge in [0.2, 0.25) is 5.91 Å². The van der Waals surface area contributed by atoms with E-state index in [0.29, 0.717) is 23.7 Å². The third kappa shape index (κ3) is 10.9. The number of alkyl carbamates (subject to hydrolysis) is 1. The normalized spacial score (nSPS) is 12.6. The highest BCUT2D eigenvalue weighted by Crippen LogP contribution is 2.32. The molecule has 0 heterocycles. The van der Waals surface area contributed by atoms with E-state index in [0.717, 1.165) is 53.5 Å². The minimum atomic E-state index is -0.979. The predicted molar refractivity (Wildman–Crippen MR) is 187 cm³/mol. The van der Waals surface area contributed by atoms with Crippen molar-refractivity contribution in [3.63, 3.8) is 0 Å². The Bertz CT molecular complexity index is 1450. The number of hydrogen-bond donors (Lipinski definition) is 2. The molecule has 7 nitrogen and oxygen atoms in total. The number of amides is 3. The lowest BCUT2D eigenvalue weighted by Crippen LogP contribution is -2.53. The smallest absolute Gasteiger partial charge is 0.408 e. The molecule has 3 amide bonds. The van der Waals surface area contributed by atoms with E-state index in [-0.39, 0.29) is 18.2 Å². The van der Waals surface area contributed by atoms with Gasteiger partial charge in [0.15, 0.2) is 0 Å². The molecule has 0 saturated carbocycles. The Hall–Kier alpha value is -3.84. The van der Waals surface area contributed by atoms with E-state index in [2.05, 4.69) is 17.6 Å². The van der Waals surface area contributed by atoms with Crippen LogP contribution in [0.15, 0.2) is 66.7 Å². The molecule has 0 aliphatic carbocycles. The molecule has 0 fully saturated rings. The highest BCUT2D eigenvalue weighted by molar-refractivity contribution is 6.34. The Morgan fingerprint density at radius 3 is 2.22 bits per heavy atom. The van der Waals surface area contributed by atoms with Crippen LogP contribution < -0.4 is 10.6 Å². The van der Waals surface area contributed by atoms with E-state index in [1.165, 1.54) is 0 Å². The molecule has 0 bridgehead atoms. The highest BCUT2D eigenvalue weighted by atomic mass is 35.5. The Morgan fingerprint density at radius 1 is 0.870 bits per heavy atom. The van der Waals surface area contributed by atoms with Crippen LogP contribution in [0.5, 0.6) is 0 Å². The molecule has 0 radical (unpaired) electrons. The van der Waals surface area contributed by atoms with Gasteiger partial charge in [-0.25, -0.2) is 4.79 Å². The average Bonchev–Trinajstić information content (AvgIpc) is 2.99. The second-order valence-electron chi connectivity index (χ2n) is 13.0. The van der Waals surface area contributed by atoms with Gasteiger partial charge in [0.25, 0.3) is 5.91 Å². The van der Waals surface area contributed by atoms with Crippen molar-refractivity contribution in [3.05, 3.63) is 99.6 Å². The molecule has 2 atom stereocenters. The number of benzene rings is 3. The molecule has 248 valence electrons. The number of nitrogens with zero attached hydrogens (tertiary/aromatic N) is 1. The van der Waals surface area contributed by atoms with Gasteiger partial charge in [0, 0.05) is 13.0 Å². The number of rotatable bonds is 14. The van der Waals surface area contributed by atoms with Gasteiger partial charge in [-0.2, -0.15) is 0 Å². The Labute approximate surface area is 280 Å². The lowest BCUT2D eigenvalue weighted by atomic mass is 9.95. The molecule has 3 aromatic carbocycles. The lowest BCUT2D eigenvalue weighted by molar-refractivity contribution is -0.140. The zero-order chi connectivity index (χ0) is 33.9. The molecule has 46 heavy (non-hydrogen) atoms. The van der Waals surface area contributed by atoms with Crippen LogP contribution in [0.4, 0.5) is 10.5 Å². The van der Waals surface area contributed by atoms with Crippen LogP contribution in [0.25, 0.3) is 0 Å². The molecule has 2 N–H and O–H groups in total. The van der Waals surface area contributed by atoms with Crippen LogP contribution in [0.1, 0.15) is 93.7 Å². The number of unbranched alkanes of at least 4 members (excludes halogenated alkanes) is 4. The van der Waals surface area contributed by atoms with E-state index in [9.17, 15) is 14.4 Å². The monoisotopic (exact) mass is 647 g/mol. The van der Waals surface area contributed by atoms with E-state index >= 15 is 0 Å². The number of para-hydroxylation sites is 1. The van der Waals surface area contributed by atoms with Crippen molar-refractivity contribution in [2.75, 3.05) is 11.9 Å². The summed E-state index contributed by atoms with van der Waals surface area (Å²) < 4.78 is 5.58. The molecule has 8 heteroatoms. The van der Waals surface area contributed by atoms with Crippen molar-refractivity contribution < 1.29 is 19.1 Å². The maximum absolute atomic E-state index is 14.8. The molecular weight excluding hydrogens is 598 g/mol. The topological polar surface area (TPSA) is 87.7 Å². The second kappa shape index (κ2) is 17.2. The summed E-state index contributed by atoms with van der Waals surface area (Å²) in [5.74, 6) is -0.732. The standard InChI is InChI=1S/C38H50ClN3O4/c1-8-9-10-11-15-23-42(36(44)32(25-29-18-13-12-14-19-29)40-37(45)46-38(5,6)7)34(30-24-26(2)21-22-27(30)3)35(43)41-33-28(4)17-16-20-31(33)39/h12-14,16-22,24,32,34H,8-11,15,23,25H2,1-7H3,(H,40,45)(H,41,43). The van der Waals surface area contributed by atoms with Gasteiger partial charge in [-0.15, -0.1) is 0 Å². The molecule has 0 aliphatic heterocycles. The number of carbonyl (C=O) groups excluding carboxylic acids is 3. The van der Waals surface area contributed by atoms with Crippen LogP contribution in [0, 0.1) is 20.8 Å². The fourth-order valence-corrected chi connectivity index (χ4v) is 5.71. The van der Waals surface area contributed by atoms with Gasteiger partial charge < -0.3 is 20.3 Å². The number of carbonyl (C=O) groups is 3. The summed E-state index contributed by atoms with van der Waals surface area (Å²) in [6.07, 6.45) is 4.37. The van der Waals surface area contributed by atoms with Gasteiger partial charge in [-0.1, -0.05) is 110 Å². The SMILES string of the molecule is CCCCCCCN(C(=O)C(Cc1ccccc1)NC(=O)OC(C)(C)C)C(C(=O)Nc1c(C)cccc1Cl)c1cc(C)ccc1C. The zero-order valence-electron chi connectivity index (χ0n) is 28.4. The van der Waals surface area contributed by atoms with E-state index in [4.69, 9.17) is 16.3 Å². The molecule has 0 saturated heterocycles. The Kier molecular flexibility index (Phi) is 13.7. The third-order valence-corrected chi connectivity index (χ3v) is 8.13. The summed E-state index contributed by atoms with van der Waals surface area (Å²) in [5.41, 5.74) is 4.01. The van der Waals surface area contributed by atoms with Crippen molar-refractivity contribution in [1.29, 1.82) is 0 Å². The quantitative estimate of drug-likeness (QED) is 0.171. The molecule has 0 aromatic heterocycles. The van der Waals surface area contributed by atoms with Crippen molar-refractivity contribution in [1.82, 2.24) is 10.2 Å². The zero-order valence-corrected chi connectivity index (χ0v) is 29.2. The molecule has 0 aliphatic rings.